The van der Waals surface area contributed by atoms with Crippen LogP contribution in [0.15, 0.2) is 36.3 Å². The molecular formula is C21H26N8O4. The molecular weight excluding hydrogens is 428 g/mol. The summed E-state index contributed by atoms with van der Waals surface area (Å²) in [5.74, 6) is 0.220. The zero-order valence-electron chi connectivity index (χ0n) is 18.3. The molecule has 12 nitrogen and oxygen atoms in total. The number of carbonyl (C=O) groups is 2. The molecule has 3 aliphatic heterocycles. The van der Waals surface area contributed by atoms with Gasteiger partial charge < -0.3 is 19.6 Å². The van der Waals surface area contributed by atoms with Gasteiger partial charge in [-0.2, -0.15) is 4.68 Å². The number of β-amino-alcohol motifs (C(OH)–C–C–N with tert-alkyl or cyclic N) is 1. The molecule has 2 atom stereocenters. The van der Waals surface area contributed by atoms with Gasteiger partial charge in [-0.3, -0.25) is 4.90 Å². The minimum atomic E-state index is -0.659. The third-order valence-electron chi connectivity index (χ3n) is 6.49. The summed E-state index contributed by atoms with van der Waals surface area (Å²) in [5, 5.41) is 21.6. The van der Waals surface area contributed by atoms with Gasteiger partial charge in [-0.25, -0.2) is 14.6 Å². The molecule has 12 heteroatoms. The van der Waals surface area contributed by atoms with Crippen molar-refractivity contribution < 1.29 is 19.4 Å². The zero-order valence-corrected chi connectivity index (χ0v) is 18.3. The number of hydrogen-bond acceptors (Lipinski definition) is 9. The van der Waals surface area contributed by atoms with Gasteiger partial charge in [0.15, 0.2) is 12.0 Å². The molecule has 2 fully saturated rings. The normalized spacial score (nSPS) is 23.2. The first kappa shape index (κ1) is 21.5. The van der Waals surface area contributed by atoms with E-state index in [4.69, 9.17) is 4.74 Å². The molecule has 5 heterocycles. The van der Waals surface area contributed by atoms with Crippen LogP contribution in [0, 0.1) is 0 Å². The molecule has 1 unspecified atom stereocenters. The fourth-order valence-electron chi connectivity index (χ4n) is 4.58. The molecule has 33 heavy (non-hydrogen) atoms. The lowest BCUT2D eigenvalue weighted by molar-refractivity contribution is -0.143. The van der Waals surface area contributed by atoms with Crippen molar-refractivity contribution in [3.05, 3.63) is 41.9 Å². The molecule has 5 rings (SSSR count). The SMILES string of the molecule is CC1=C[C@H](N2CCN(C3CCN(CC(O)c4ccc(-n5cnnn5)nc4)CC3)C2=O)OC1=O. The maximum Gasteiger partial charge on any atom is 0.335 e. The van der Waals surface area contributed by atoms with Crippen LogP contribution in [0.2, 0.25) is 0 Å². The summed E-state index contributed by atoms with van der Waals surface area (Å²) in [5.41, 5.74) is 1.27. The quantitative estimate of drug-likeness (QED) is 0.605. The van der Waals surface area contributed by atoms with Crippen LogP contribution in [0.5, 0.6) is 0 Å². The number of nitrogens with zero attached hydrogens (tertiary/aromatic N) is 8. The lowest BCUT2D eigenvalue weighted by atomic mass is 10.0. The third kappa shape index (κ3) is 4.31. The van der Waals surface area contributed by atoms with E-state index in [9.17, 15) is 14.7 Å². The lowest BCUT2D eigenvalue weighted by Crippen LogP contribution is -2.48. The van der Waals surface area contributed by atoms with E-state index in [0.29, 0.717) is 31.0 Å². The number of amides is 2. The first-order chi connectivity index (χ1) is 16.0. The lowest BCUT2D eigenvalue weighted by Gasteiger charge is -2.37. The number of piperidine rings is 1. The van der Waals surface area contributed by atoms with Crippen LogP contribution >= 0.6 is 0 Å². The van der Waals surface area contributed by atoms with Crippen molar-refractivity contribution in [1.82, 2.24) is 39.9 Å². The van der Waals surface area contributed by atoms with Gasteiger partial charge in [0.1, 0.15) is 6.33 Å². The average molecular weight is 454 g/mol. The molecule has 0 spiro atoms. The second-order valence-corrected chi connectivity index (χ2v) is 8.57. The number of rotatable bonds is 6. The number of ether oxygens (including phenoxy) is 1. The fraction of sp³-hybridized carbons (Fsp3) is 0.524. The van der Waals surface area contributed by atoms with Crippen LogP contribution in [-0.4, -0.2) is 102 Å². The summed E-state index contributed by atoms with van der Waals surface area (Å²) in [6.07, 6.45) is 5.23. The van der Waals surface area contributed by atoms with E-state index in [2.05, 4.69) is 25.4 Å². The fourth-order valence-corrected chi connectivity index (χ4v) is 4.58. The monoisotopic (exact) mass is 454 g/mol. The number of esters is 1. The molecule has 2 amide bonds. The smallest absolute Gasteiger partial charge is 0.335 e. The average Bonchev–Trinajstić information content (AvgIpc) is 3.56. The maximum atomic E-state index is 12.9. The molecule has 0 aliphatic carbocycles. The van der Waals surface area contributed by atoms with Gasteiger partial charge in [-0.15, -0.1) is 5.10 Å². The summed E-state index contributed by atoms with van der Waals surface area (Å²) in [6.45, 7) is 4.96. The van der Waals surface area contributed by atoms with Crippen LogP contribution in [0.4, 0.5) is 4.79 Å². The number of tetrazole rings is 1. The Kier molecular flexibility index (Phi) is 5.77. The summed E-state index contributed by atoms with van der Waals surface area (Å²) >= 11 is 0. The van der Waals surface area contributed by atoms with Crippen LogP contribution in [0.3, 0.4) is 0 Å². The van der Waals surface area contributed by atoms with Crippen LogP contribution in [0.1, 0.15) is 31.4 Å². The topological polar surface area (TPSA) is 130 Å². The summed E-state index contributed by atoms with van der Waals surface area (Å²) in [7, 11) is 0. The van der Waals surface area contributed by atoms with Gasteiger partial charge in [0.05, 0.1) is 6.10 Å². The molecule has 2 saturated heterocycles. The van der Waals surface area contributed by atoms with E-state index < -0.39 is 12.3 Å². The number of aliphatic hydroxyl groups is 1. The maximum absolute atomic E-state index is 12.9. The second kappa shape index (κ2) is 8.87. The van der Waals surface area contributed by atoms with E-state index in [-0.39, 0.29) is 18.0 Å². The van der Waals surface area contributed by atoms with Crippen molar-refractivity contribution in [2.24, 2.45) is 0 Å². The Hall–Kier alpha value is -3.38. The number of likely N-dealkylation sites (tertiary alicyclic amines) is 1. The highest BCUT2D eigenvalue weighted by Crippen LogP contribution is 2.26. The number of hydrogen-bond donors (Lipinski definition) is 1. The van der Waals surface area contributed by atoms with Gasteiger partial charge >= 0.3 is 12.0 Å². The first-order valence-corrected chi connectivity index (χ1v) is 11.1. The third-order valence-corrected chi connectivity index (χ3v) is 6.49. The minimum absolute atomic E-state index is 0.0778. The number of pyridine rings is 1. The van der Waals surface area contributed by atoms with Gasteiger partial charge in [0.25, 0.3) is 0 Å². The minimum Gasteiger partial charge on any atom is -0.434 e. The van der Waals surface area contributed by atoms with E-state index in [1.54, 1.807) is 30.2 Å². The number of carbonyl (C=O) groups excluding carboxylic acids is 2. The van der Waals surface area contributed by atoms with Crippen molar-refractivity contribution in [2.45, 2.75) is 38.1 Å². The Morgan fingerprint density at radius 1 is 1.15 bits per heavy atom. The van der Waals surface area contributed by atoms with Crippen LogP contribution in [-0.2, 0) is 9.53 Å². The van der Waals surface area contributed by atoms with Gasteiger partial charge in [0.2, 0.25) is 0 Å². The van der Waals surface area contributed by atoms with Crippen molar-refractivity contribution >= 4 is 12.0 Å². The standard InChI is InChI=1S/C21H26N8O4/c1-14-10-19(33-20(14)31)28-9-8-27(21(28)32)16-4-6-26(7-5-16)12-17(30)15-2-3-18(22-11-15)29-13-23-24-25-29/h2-3,10-11,13,16-17,19,30H,4-9,12H2,1H3/t17?,19-/m1/s1. The molecule has 0 radical (unpaired) electrons. The number of aliphatic hydroxyl groups excluding tert-OH is 1. The number of urea groups is 1. The van der Waals surface area contributed by atoms with Crippen LogP contribution in [0.25, 0.3) is 5.82 Å². The Bertz CT molecular complexity index is 1030. The van der Waals surface area contributed by atoms with E-state index in [1.165, 1.54) is 11.0 Å². The molecule has 1 N–H and O–H groups in total. The Morgan fingerprint density at radius 2 is 1.94 bits per heavy atom. The number of cyclic esters (lactones) is 1. The molecule has 3 aliphatic rings. The molecule has 0 saturated carbocycles. The van der Waals surface area contributed by atoms with Gasteiger partial charge in [0, 0.05) is 56.1 Å². The summed E-state index contributed by atoms with van der Waals surface area (Å²) in [6, 6.07) is 3.66. The molecule has 0 bridgehead atoms. The van der Waals surface area contributed by atoms with Crippen molar-refractivity contribution in [3.63, 3.8) is 0 Å². The molecule has 2 aromatic heterocycles. The predicted octanol–water partition coefficient (Wildman–Crippen LogP) is 0.122. The Morgan fingerprint density at radius 3 is 2.58 bits per heavy atom. The van der Waals surface area contributed by atoms with E-state index >= 15 is 0 Å². The van der Waals surface area contributed by atoms with E-state index in [1.807, 2.05) is 11.0 Å². The second-order valence-electron chi connectivity index (χ2n) is 8.57. The molecule has 2 aromatic rings. The van der Waals surface area contributed by atoms with Crippen molar-refractivity contribution in [3.8, 4) is 5.82 Å². The first-order valence-electron chi connectivity index (χ1n) is 11.1. The molecule has 174 valence electrons. The largest absolute Gasteiger partial charge is 0.434 e. The Labute approximate surface area is 190 Å². The van der Waals surface area contributed by atoms with Gasteiger partial charge in [-0.1, -0.05) is 6.07 Å². The summed E-state index contributed by atoms with van der Waals surface area (Å²) in [4.78, 5) is 34.6. The van der Waals surface area contributed by atoms with Crippen molar-refractivity contribution in [1.29, 1.82) is 0 Å². The highest BCUT2D eigenvalue weighted by Gasteiger charge is 2.41. The van der Waals surface area contributed by atoms with E-state index in [0.717, 1.165) is 31.5 Å². The number of aromatic nitrogens is 5. The molecule has 0 aromatic carbocycles. The highest BCUT2D eigenvalue weighted by atomic mass is 16.6. The van der Waals surface area contributed by atoms with Gasteiger partial charge in [-0.05, 0) is 42.3 Å². The van der Waals surface area contributed by atoms with Crippen LogP contribution < -0.4 is 0 Å². The Balaban J connectivity index is 1.12. The summed E-state index contributed by atoms with van der Waals surface area (Å²) < 4.78 is 6.74. The predicted molar refractivity (Wildman–Crippen MR) is 114 cm³/mol. The zero-order chi connectivity index (χ0) is 22.9. The highest BCUT2D eigenvalue weighted by molar-refractivity contribution is 5.91. The van der Waals surface area contributed by atoms with Crippen molar-refractivity contribution in [2.75, 3.05) is 32.7 Å².